The minimum atomic E-state index is -3.79. The van der Waals surface area contributed by atoms with E-state index in [2.05, 4.69) is 6.58 Å². The minimum absolute atomic E-state index is 0.0449. The molecule has 2 saturated heterocycles. The van der Waals surface area contributed by atoms with Gasteiger partial charge in [-0.2, -0.15) is 4.31 Å². The molecule has 1 aromatic carbocycles. The van der Waals surface area contributed by atoms with E-state index in [0.29, 0.717) is 11.9 Å². The molecule has 212 valence electrons. The summed E-state index contributed by atoms with van der Waals surface area (Å²) in [5, 5.41) is 0. The predicted octanol–water partition coefficient (Wildman–Crippen LogP) is 3.69. The largest absolute Gasteiger partial charge is 0.468 e. The Balaban J connectivity index is 1.73. The number of benzene rings is 1. The highest BCUT2D eigenvalue weighted by Crippen LogP contribution is 2.53. The van der Waals surface area contributed by atoms with Crippen LogP contribution in [0, 0.1) is 18.3 Å². The Bertz CT molecular complexity index is 1280. The van der Waals surface area contributed by atoms with E-state index in [9.17, 15) is 18.0 Å². The van der Waals surface area contributed by atoms with Crippen LogP contribution in [-0.2, 0) is 38.4 Å². The van der Waals surface area contributed by atoms with E-state index in [1.807, 2.05) is 34.6 Å². The molecule has 1 saturated carbocycles. The molecule has 2 aliphatic heterocycles. The second-order valence-corrected chi connectivity index (χ2v) is 13.7. The average molecular weight is 559 g/mol. The van der Waals surface area contributed by atoms with Gasteiger partial charge in [-0.25, -0.2) is 8.42 Å². The summed E-state index contributed by atoms with van der Waals surface area (Å²) in [6.45, 7) is 14.1. The molecule has 2 heterocycles. The lowest BCUT2D eigenvalue weighted by Gasteiger charge is -2.32. The van der Waals surface area contributed by atoms with E-state index in [1.165, 1.54) is 18.5 Å². The fraction of sp³-hybridized carbons (Fsp3) is 0.571. The number of allylic oxidation sites excluding steroid dienone is 1. The lowest BCUT2D eigenvalue weighted by atomic mass is 9.73. The summed E-state index contributed by atoms with van der Waals surface area (Å²) in [6.07, 6.45) is 0.552. The van der Waals surface area contributed by atoms with Gasteiger partial charge in [-0.15, -0.1) is 0 Å². The van der Waals surface area contributed by atoms with Gasteiger partial charge in [0.25, 0.3) is 0 Å². The minimum Gasteiger partial charge on any atom is -0.468 e. The summed E-state index contributed by atoms with van der Waals surface area (Å²) >= 11 is 0. The van der Waals surface area contributed by atoms with Crippen LogP contribution in [0.15, 0.2) is 52.5 Å². The zero-order valence-electron chi connectivity index (χ0n) is 23.8. The summed E-state index contributed by atoms with van der Waals surface area (Å²) < 4.78 is 50.9. The smallest absolute Gasteiger partial charge is 0.458 e. The quantitative estimate of drug-likeness (QED) is 0.295. The van der Waals surface area contributed by atoms with Gasteiger partial charge in [-0.1, -0.05) is 29.8 Å². The molecule has 11 heteroatoms. The fourth-order valence-electron chi connectivity index (χ4n) is 5.75. The normalized spacial score (nSPS) is 26.2. The maximum Gasteiger partial charge on any atom is 0.458 e. The molecule has 4 rings (SSSR count). The van der Waals surface area contributed by atoms with Crippen LogP contribution in [0.5, 0.6) is 0 Å². The van der Waals surface area contributed by atoms with Gasteiger partial charge in [0, 0.05) is 13.1 Å². The van der Waals surface area contributed by atoms with Gasteiger partial charge < -0.3 is 18.8 Å². The molecule has 0 N–H and O–H groups in total. The summed E-state index contributed by atoms with van der Waals surface area (Å²) in [5.41, 5.74) is 0.437. The standard InChI is InChI=1S/C28H38BNO8S/c1-18-9-11-21(12-10-18)39(33,34)30-16-19(2)23(17-30)22-14-28(24(31)35-7,25(32)36-8)13-20(22)15-29-37-26(3,4)27(5,6)38-29/h9-12,20H,2,13-17H2,1,3-8H3/b23-22-. The second kappa shape index (κ2) is 10.2. The number of rotatable bonds is 6. The molecule has 0 bridgehead atoms. The van der Waals surface area contributed by atoms with Crippen LogP contribution < -0.4 is 0 Å². The van der Waals surface area contributed by atoms with Crippen LogP contribution in [0.3, 0.4) is 0 Å². The number of aryl methyl sites for hydroxylation is 1. The lowest BCUT2D eigenvalue weighted by molar-refractivity contribution is -0.168. The van der Waals surface area contributed by atoms with Crippen LogP contribution in [-0.4, -0.2) is 70.3 Å². The van der Waals surface area contributed by atoms with Gasteiger partial charge in [-0.3, -0.25) is 9.59 Å². The Labute approximate surface area is 231 Å². The Morgan fingerprint density at radius 1 is 1.03 bits per heavy atom. The molecule has 3 aliphatic rings. The molecule has 0 radical (unpaired) electrons. The number of carbonyl (C=O) groups excluding carboxylic acids is 2. The highest BCUT2D eigenvalue weighted by Gasteiger charge is 2.59. The SMILES string of the molecule is C=C1CN(S(=O)(=O)c2ccc(C)cc2)C/C1=C1\CC(C(=O)OC)(C(=O)OC)CC1CB1OC(C)(C)C(C)(C)O1. The average Bonchev–Trinajstić information content (AvgIpc) is 3.49. The molecule has 1 unspecified atom stereocenters. The predicted molar refractivity (Wildman–Crippen MR) is 146 cm³/mol. The number of hydrogen-bond donors (Lipinski definition) is 0. The van der Waals surface area contributed by atoms with E-state index < -0.39 is 45.7 Å². The van der Waals surface area contributed by atoms with E-state index in [0.717, 1.165) is 16.7 Å². The van der Waals surface area contributed by atoms with Crippen LogP contribution >= 0.6 is 0 Å². The summed E-state index contributed by atoms with van der Waals surface area (Å²) in [6, 6.07) is 6.70. The Morgan fingerprint density at radius 2 is 1.56 bits per heavy atom. The molecule has 1 aliphatic carbocycles. The van der Waals surface area contributed by atoms with Gasteiger partial charge in [0.05, 0.1) is 30.3 Å². The first kappa shape index (κ1) is 29.5. The molecule has 0 spiro atoms. The number of esters is 2. The van der Waals surface area contributed by atoms with Crippen molar-refractivity contribution in [3.05, 3.63) is 53.1 Å². The van der Waals surface area contributed by atoms with Crippen molar-refractivity contribution in [2.75, 3.05) is 27.3 Å². The van der Waals surface area contributed by atoms with Gasteiger partial charge in [0.1, 0.15) is 0 Å². The molecule has 1 atom stereocenters. The van der Waals surface area contributed by atoms with Crippen molar-refractivity contribution in [1.82, 2.24) is 4.31 Å². The van der Waals surface area contributed by atoms with Gasteiger partial charge in [0.15, 0.2) is 5.41 Å². The van der Waals surface area contributed by atoms with Crippen LogP contribution in [0.2, 0.25) is 6.32 Å². The highest BCUT2D eigenvalue weighted by molar-refractivity contribution is 7.89. The van der Waals surface area contributed by atoms with Gasteiger partial charge >= 0.3 is 19.1 Å². The van der Waals surface area contributed by atoms with Crippen molar-refractivity contribution in [3.8, 4) is 0 Å². The lowest BCUT2D eigenvalue weighted by Crippen LogP contribution is -2.41. The number of nitrogens with zero attached hydrogens (tertiary/aromatic N) is 1. The van der Waals surface area contributed by atoms with Crippen molar-refractivity contribution in [1.29, 1.82) is 0 Å². The molecule has 9 nitrogen and oxygen atoms in total. The third kappa shape index (κ3) is 5.10. The van der Waals surface area contributed by atoms with Crippen molar-refractivity contribution < 1.29 is 36.8 Å². The third-order valence-electron chi connectivity index (χ3n) is 8.69. The maximum absolute atomic E-state index is 13.5. The Morgan fingerprint density at radius 3 is 2.08 bits per heavy atom. The molecule has 39 heavy (non-hydrogen) atoms. The zero-order chi connectivity index (χ0) is 29.0. The number of carbonyl (C=O) groups is 2. The number of hydrogen-bond acceptors (Lipinski definition) is 8. The number of methoxy groups -OCH3 is 2. The molecule has 0 amide bonds. The van der Waals surface area contributed by atoms with E-state index in [-0.39, 0.29) is 36.7 Å². The van der Waals surface area contributed by atoms with Crippen molar-refractivity contribution in [2.45, 2.75) is 69.9 Å². The summed E-state index contributed by atoms with van der Waals surface area (Å²) in [5.74, 6) is -1.69. The first-order chi connectivity index (χ1) is 18.1. The monoisotopic (exact) mass is 559 g/mol. The molecule has 3 fully saturated rings. The highest BCUT2D eigenvalue weighted by atomic mass is 32.2. The Kier molecular flexibility index (Phi) is 7.70. The van der Waals surface area contributed by atoms with E-state index in [1.54, 1.807) is 24.3 Å². The molecular weight excluding hydrogens is 521 g/mol. The van der Waals surface area contributed by atoms with Crippen molar-refractivity contribution >= 4 is 29.1 Å². The first-order valence-electron chi connectivity index (χ1n) is 13.1. The van der Waals surface area contributed by atoms with Crippen molar-refractivity contribution in [3.63, 3.8) is 0 Å². The summed E-state index contributed by atoms with van der Waals surface area (Å²) in [7, 11) is -1.88. The second-order valence-electron chi connectivity index (χ2n) is 11.8. The maximum atomic E-state index is 13.5. The number of ether oxygens (including phenoxy) is 2. The number of sulfonamides is 1. The summed E-state index contributed by atoms with van der Waals surface area (Å²) in [4.78, 5) is 26.3. The van der Waals surface area contributed by atoms with Crippen LogP contribution in [0.25, 0.3) is 0 Å². The molecule has 0 aromatic heterocycles. The van der Waals surface area contributed by atoms with Crippen molar-refractivity contribution in [2.24, 2.45) is 11.3 Å². The van der Waals surface area contributed by atoms with Gasteiger partial charge in [-0.05, 0) is 83.0 Å². The fourth-order valence-corrected chi connectivity index (χ4v) is 7.16. The van der Waals surface area contributed by atoms with Crippen LogP contribution in [0.4, 0.5) is 0 Å². The van der Waals surface area contributed by atoms with E-state index in [4.69, 9.17) is 18.8 Å². The molecular formula is C28H38BNO8S. The Hall–Kier alpha value is -2.47. The van der Waals surface area contributed by atoms with Crippen LogP contribution in [0.1, 0.15) is 46.1 Å². The zero-order valence-corrected chi connectivity index (χ0v) is 24.6. The first-order valence-corrected chi connectivity index (χ1v) is 14.5. The van der Waals surface area contributed by atoms with Gasteiger partial charge in [0.2, 0.25) is 10.0 Å². The van der Waals surface area contributed by atoms with E-state index >= 15 is 0 Å². The topological polar surface area (TPSA) is 108 Å². The molecule has 1 aromatic rings. The third-order valence-corrected chi connectivity index (χ3v) is 10.5.